The molecular weight excluding hydrogens is 454 g/mol. The van der Waals surface area contributed by atoms with Crippen LogP contribution in [0.5, 0.6) is 0 Å². The summed E-state index contributed by atoms with van der Waals surface area (Å²) in [7, 11) is -3.65. The van der Waals surface area contributed by atoms with Crippen molar-refractivity contribution in [2.75, 3.05) is 0 Å². The predicted molar refractivity (Wildman–Crippen MR) is 105 cm³/mol. The van der Waals surface area contributed by atoms with Gasteiger partial charge in [0.25, 0.3) is 0 Å². The molecule has 140 valence electrons. The Hall–Kier alpha value is -1.74. The molecule has 0 radical (unpaired) electrons. The average molecular weight is 469 g/mol. The Bertz CT molecular complexity index is 1050. The Morgan fingerprint density at radius 1 is 1.07 bits per heavy atom. The number of hydrogen-bond acceptors (Lipinski definition) is 5. The lowest BCUT2D eigenvalue weighted by atomic mass is 10.2. The van der Waals surface area contributed by atoms with Crippen LogP contribution in [0.15, 0.2) is 62.3 Å². The van der Waals surface area contributed by atoms with Crippen LogP contribution in [0.2, 0.25) is 5.02 Å². The summed E-state index contributed by atoms with van der Waals surface area (Å²) in [4.78, 5) is 0.245. The SMILES string of the molecule is O=S(=O)(c1ccc(Br)cc1)N(Cc1nnc(-c2ccc(Cl)cc2)o1)C1CC1. The molecule has 0 aliphatic heterocycles. The van der Waals surface area contributed by atoms with Crippen LogP contribution in [0.25, 0.3) is 11.5 Å². The second kappa shape index (κ2) is 7.35. The number of hydrogen-bond donors (Lipinski definition) is 0. The van der Waals surface area contributed by atoms with E-state index in [1.54, 1.807) is 48.5 Å². The first-order chi connectivity index (χ1) is 12.9. The maximum Gasteiger partial charge on any atom is 0.247 e. The van der Waals surface area contributed by atoms with Crippen molar-refractivity contribution in [2.24, 2.45) is 0 Å². The van der Waals surface area contributed by atoms with Gasteiger partial charge >= 0.3 is 0 Å². The first-order valence-electron chi connectivity index (χ1n) is 8.29. The molecule has 27 heavy (non-hydrogen) atoms. The number of nitrogens with zero attached hydrogens (tertiary/aromatic N) is 3. The van der Waals surface area contributed by atoms with Gasteiger partial charge in [-0.05, 0) is 61.4 Å². The molecule has 0 saturated heterocycles. The van der Waals surface area contributed by atoms with Gasteiger partial charge in [0.2, 0.25) is 21.8 Å². The average Bonchev–Trinajstić information content (AvgIpc) is 3.38. The molecule has 9 heteroatoms. The molecule has 6 nitrogen and oxygen atoms in total. The smallest absolute Gasteiger partial charge is 0.247 e. The number of aromatic nitrogens is 2. The van der Waals surface area contributed by atoms with Crippen LogP contribution in [-0.4, -0.2) is 29.0 Å². The van der Waals surface area contributed by atoms with E-state index in [1.165, 1.54) is 4.31 Å². The quantitative estimate of drug-likeness (QED) is 0.532. The normalized spacial score (nSPS) is 14.6. The fourth-order valence-corrected chi connectivity index (χ4v) is 4.70. The molecule has 2 aromatic carbocycles. The third-order valence-electron chi connectivity index (χ3n) is 4.22. The van der Waals surface area contributed by atoms with Crippen molar-refractivity contribution < 1.29 is 12.8 Å². The summed E-state index contributed by atoms with van der Waals surface area (Å²) < 4.78 is 34.1. The maximum atomic E-state index is 13.0. The minimum Gasteiger partial charge on any atom is -0.419 e. The molecule has 1 saturated carbocycles. The van der Waals surface area contributed by atoms with E-state index in [1.807, 2.05) is 0 Å². The summed E-state index contributed by atoms with van der Waals surface area (Å²) in [6.45, 7) is 0.0453. The van der Waals surface area contributed by atoms with E-state index in [9.17, 15) is 8.42 Å². The minimum atomic E-state index is -3.65. The van der Waals surface area contributed by atoms with E-state index in [2.05, 4.69) is 26.1 Å². The molecule has 0 unspecified atom stereocenters. The van der Waals surface area contributed by atoms with Crippen LogP contribution in [0, 0.1) is 0 Å². The van der Waals surface area contributed by atoms with E-state index in [-0.39, 0.29) is 23.4 Å². The molecule has 1 aromatic heterocycles. The molecule has 1 aliphatic rings. The molecular formula is C18H15BrClN3O3S. The van der Waals surface area contributed by atoms with Gasteiger partial charge in [-0.2, -0.15) is 4.31 Å². The standard InChI is InChI=1S/C18H15BrClN3O3S/c19-13-3-9-16(10-4-13)27(24,25)23(15-7-8-15)11-17-21-22-18(26-17)12-1-5-14(20)6-2-12/h1-6,9-10,15H,7-8,11H2. The van der Waals surface area contributed by atoms with Crippen molar-refractivity contribution in [1.82, 2.24) is 14.5 Å². The molecule has 1 fully saturated rings. The zero-order valence-corrected chi connectivity index (χ0v) is 17.2. The van der Waals surface area contributed by atoms with Crippen molar-refractivity contribution in [3.8, 4) is 11.5 Å². The van der Waals surface area contributed by atoms with E-state index in [0.717, 1.165) is 22.9 Å². The molecule has 0 bridgehead atoms. The molecule has 0 spiro atoms. The van der Waals surface area contributed by atoms with Crippen molar-refractivity contribution in [1.29, 1.82) is 0 Å². The van der Waals surface area contributed by atoms with Gasteiger partial charge in [0.1, 0.15) is 0 Å². The summed E-state index contributed by atoms with van der Waals surface area (Å²) in [6, 6.07) is 13.6. The van der Waals surface area contributed by atoms with Gasteiger partial charge in [-0.15, -0.1) is 10.2 Å². The van der Waals surface area contributed by atoms with Gasteiger partial charge in [0, 0.05) is 21.1 Å². The summed E-state index contributed by atoms with van der Waals surface area (Å²) >= 11 is 9.21. The largest absolute Gasteiger partial charge is 0.419 e. The zero-order valence-electron chi connectivity index (χ0n) is 14.0. The highest BCUT2D eigenvalue weighted by Crippen LogP contribution is 2.34. The van der Waals surface area contributed by atoms with Crippen LogP contribution in [-0.2, 0) is 16.6 Å². The monoisotopic (exact) mass is 467 g/mol. The number of benzene rings is 2. The van der Waals surface area contributed by atoms with E-state index < -0.39 is 10.0 Å². The van der Waals surface area contributed by atoms with Crippen LogP contribution in [0.1, 0.15) is 18.7 Å². The minimum absolute atomic E-state index is 0.0375. The van der Waals surface area contributed by atoms with Crippen LogP contribution in [0.4, 0.5) is 0 Å². The summed E-state index contributed by atoms with van der Waals surface area (Å²) in [5, 5.41) is 8.66. The Morgan fingerprint density at radius 2 is 1.74 bits per heavy atom. The van der Waals surface area contributed by atoms with Crippen molar-refractivity contribution >= 4 is 37.6 Å². The van der Waals surface area contributed by atoms with E-state index >= 15 is 0 Å². The first kappa shape index (κ1) is 18.6. The molecule has 0 atom stereocenters. The second-order valence-corrected chi connectivity index (χ2v) is 9.49. The number of rotatable bonds is 6. The Labute approximate surface area is 170 Å². The predicted octanol–water partition coefficient (Wildman–Crippen LogP) is 4.51. The van der Waals surface area contributed by atoms with Gasteiger partial charge in [-0.1, -0.05) is 27.5 Å². The maximum absolute atomic E-state index is 13.0. The molecule has 0 amide bonds. The third-order valence-corrected chi connectivity index (χ3v) is 6.92. The topological polar surface area (TPSA) is 76.3 Å². The molecule has 0 N–H and O–H groups in total. The van der Waals surface area contributed by atoms with Gasteiger partial charge in [-0.3, -0.25) is 0 Å². The molecule has 3 aromatic rings. The fourth-order valence-electron chi connectivity index (χ4n) is 2.67. The first-order valence-corrected chi connectivity index (χ1v) is 10.9. The highest BCUT2D eigenvalue weighted by Gasteiger charge is 2.39. The van der Waals surface area contributed by atoms with Crippen molar-refractivity contribution in [3.05, 3.63) is 63.9 Å². The lowest BCUT2D eigenvalue weighted by Crippen LogP contribution is -2.32. The highest BCUT2D eigenvalue weighted by atomic mass is 79.9. The molecule has 1 heterocycles. The summed E-state index contributed by atoms with van der Waals surface area (Å²) in [6.07, 6.45) is 1.65. The molecule has 1 aliphatic carbocycles. The van der Waals surface area contributed by atoms with E-state index in [0.29, 0.717) is 10.9 Å². The second-order valence-electron chi connectivity index (χ2n) is 6.24. The number of sulfonamides is 1. The summed E-state index contributed by atoms with van der Waals surface area (Å²) in [5.74, 6) is 0.589. The Kier molecular flexibility index (Phi) is 5.07. The van der Waals surface area contributed by atoms with Crippen molar-refractivity contribution in [2.45, 2.75) is 30.3 Å². The molecule has 4 rings (SSSR count). The Balaban J connectivity index is 1.59. The van der Waals surface area contributed by atoms with Crippen LogP contribution in [0.3, 0.4) is 0 Å². The van der Waals surface area contributed by atoms with Gasteiger partial charge in [0.05, 0.1) is 11.4 Å². The lowest BCUT2D eigenvalue weighted by Gasteiger charge is -2.20. The van der Waals surface area contributed by atoms with Gasteiger partial charge in [0.15, 0.2) is 0 Å². The van der Waals surface area contributed by atoms with Crippen molar-refractivity contribution in [3.63, 3.8) is 0 Å². The fraction of sp³-hybridized carbons (Fsp3) is 0.222. The van der Waals surface area contributed by atoms with Gasteiger partial charge in [-0.25, -0.2) is 8.42 Å². The third kappa shape index (κ3) is 4.08. The number of halogens is 2. The summed E-state index contributed by atoms with van der Waals surface area (Å²) in [5.41, 5.74) is 0.729. The Morgan fingerprint density at radius 3 is 2.37 bits per heavy atom. The van der Waals surface area contributed by atoms with Crippen LogP contribution < -0.4 is 0 Å². The van der Waals surface area contributed by atoms with Crippen LogP contribution >= 0.6 is 27.5 Å². The zero-order chi connectivity index (χ0) is 19.0. The highest BCUT2D eigenvalue weighted by molar-refractivity contribution is 9.10. The van der Waals surface area contributed by atoms with Gasteiger partial charge < -0.3 is 4.42 Å². The lowest BCUT2D eigenvalue weighted by molar-refractivity contribution is 0.351. The van der Waals surface area contributed by atoms with E-state index in [4.69, 9.17) is 16.0 Å².